The van der Waals surface area contributed by atoms with Crippen molar-refractivity contribution < 1.29 is 27.9 Å². The van der Waals surface area contributed by atoms with Crippen LogP contribution in [0.2, 0.25) is 0 Å². The Morgan fingerprint density at radius 1 is 1.28 bits per heavy atom. The summed E-state index contributed by atoms with van der Waals surface area (Å²) in [5.74, 6) is -2.76. The lowest BCUT2D eigenvalue weighted by molar-refractivity contribution is -0.192. The maximum Gasteiger partial charge on any atom is 0.490 e. The van der Waals surface area contributed by atoms with Crippen LogP contribution < -0.4 is 10.6 Å². The molecule has 25 heavy (non-hydrogen) atoms. The summed E-state index contributed by atoms with van der Waals surface area (Å²) in [6.07, 6.45) is -4.08. The van der Waals surface area contributed by atoms with E-state index in [-0.39, 0.29) is 11.9 Å². The highest BCUT2D eigenvalue weighted by molar-refractivity contribution is 6.00. The van der Waals surface area contributed by atoms with Crippen LogP contribution in [0.15, 0.2) is 24.3 Å². The molecule has 1 amide bonds. The molecular formula is C16H18F3N3O3. The van der Waals surface area contributed by atoms with Gasteiger partial charge in [-0.3, -0.25) is 4.79 Å². The molecule has 136 valence electrons. The number of carbonyl (C=O) groups excluding carboxylic acids is 1. The molecule has 0 saturated carbocycles. The van der Waals surface area contributed by atoms with Gasteiger partial charge in [-0.2, -0.15) is 13.2 Å². The van der Waals surface area contributed by atoms with Crippen molar-refractivity contribution in [2.45, 2.75) is 25.6 Å². The number of rotatable bonds is 2. The van der Waals surface area contributed by atoms with Crippen LogP contribution in [-0.2, 0) is 4.79 Å². The van der Waals surface area contributed by atoms with E-state index in [4.69, 9.17) is 9.90 Å². The topological polar surface area (TPSA) is 94.2 Å². The van der Waals surface area contributed by atoms with E-state index in [2.05, 4.69) is 15.6 Å². The van der Waals surface area contributed by atoms with Gasteiger partial charge < -0.3 is 20.7 Å². The first-order valence-corrected chi connectivity index (χ1v) is 7.59. The van der Waals surface area contributed by atoms with Crippen LogP contribution >= 0.6 is 0 Å². The number of carboxylic acid groups (broad SMARTS) is 1. The van der Waals surface area contributed by atoms with Gasteiger partial charge in [0.1, 0.15) is 5.69 Å². The standard InChI is InChI=1S/C14H17N3O.C2HF3O2/c1-9-11-4-2-3-5-12(11)17-13(9)14(18)16-10-6-7-15-8-10;3-2(4,5)1(6)7/h2-5,10,15,17H,6-8H2,1H3,(H,16,18);(H,6,7)/t10-;/m0./s1. The van der Waals surface area contributed by atoms with E-state index < -0.39 is 12.1 Å². The fraction of sp³-hybridized carbons (Fsp3) is 0.375. The number of fused-ring (bicyclic) bond motifs is 1. The Balaban J connectivity index is 0.000000277. The Hall–Kier alpha value is -2.55. The van der Waals surface area contributed by atoms with Crippen molar-refractivity contribution in [3.63, 3.8) is 0 Å². The smallest absolute Gasteiger partial charge is 0.475 e. The predicted octanol–water partition coefficient (Wildman–Crippen LogP) is 2.20. The molecule has 1 aliphatic rings. The van der Waals surface area contributed by atoms with Crippen LogP contribution in [0.25, 0.3) is 10.9 Å². The molecule has 1 aromatic carbocycles. The zero-order valence-electron chi connectivity index (χ0n) is 13.4. The molecule has 0 spiro atoms. The number of aromatic nitrogens is 1. The number of halogens is 3. The average molecular weight is 357 g/mol. The highest BCUT2D eigenvalue weighted by Gasteiger charge is 2.38. The summed E-state index contributed by atoms with van der Waals surface area (Å²) < 4.78 is 31.7. The normalized spacial score (nSPS) is 17.0. The first-order valence-electron chi connectivity index (χ1n) is 7.59. The number of hydrogen-bond donors (Lipinski definition) is 4. The van der Waals surface area contributed by atoms with Crippen molar-refractivity contribution in [1.29, 1.82) is 0 Å². The minimum Gasteiger partial charge on any atom is -0.475 e. The minimum atomic E-state index is -5.08. The second kappa shape index (κ2) is 7.56. The molecule has 6 nitrogen and oxygen atoms in total. The number of aryl methyl sites for hydroxylation is 1. The monoisotopic (exact) mass is 357 g/mol. The van der Waals surface area contributed by atoms with Crippen molar-refractivity contribution in [2.24, 2.45) is 0 Å². The van der Waals surface area contributed by atoms with Crippen molar-refractivity contribution in [3.05, 3.63) is 35.5 Å². The Bertz CT molecular complexity index is 765. The zero-order chi connectivity index (χ0) is 18.6. The summed E-state index contributed by atoms with van der Waals surface area (Å²) in [4.78, 5) is 24.3. The molecule has 3 rings (SSSR count). The van der Waals surface area contributed by atoms with E-state index in [9.17, 15) is 18.0 Å². The predicted molar refractivity (Wildman–Crippen MR) is 85.5 cm³/mol. The fourth-order valence-corrected chi connectivity index (χ4v) is 2.54. The fourth-order valence-electron chi connectivity index (χ4n) is 2.54. The largest absolute Gasteiger partial charge is 0.490 e. The number of benzene rings is 1. The Kier molecular flexibility index (Phi) is 5.68. The Morgan fingerprint density at radius 3 is 2.44 bits per heavy atom. The van der Waals surface area contributed by atoms with Crippen molar-refractivity contribution >= 4 is 22.8 Å². The van der Waals surface area contributed by atoms with Gasteiger partial charge in [-0.15, -0.1) is 0 Å². The van der Waals surface area contributed by atoms with Gasteiger partial charge in [0.15, 0.2) is 0 Å². The second-order valence-electron chi connectivity index (χ2n) is 5.64. The molecule has 2 heterocycles. The summed E-state index contributed by atoms with van der Waals surface area (Å²) in [6, 6.07) is 8.25. The molecule has 1 saturated heterocycles. The molecule has 0 unspecified atom stereocenters. The first-order chi connectivity index (χ1) is 11.7. The van der Waals surface area contributed by atoms with Crippen molar-refractivity contribution in [3.8, 4) is 0 Å². The third-order valence-electron chi connectivity index (χ3n) is 3.83. The lowest BCUT2D eigenvalue weighted by Crippen LogP contribution is -2.36. The van der Waals surface area contributed by atoms with Crippen molar-refractivity contribution in [2.75, 3.05) is 13.1 Å². The van der Waals surface area contributed by atoms with Gasteiger partial charge in [-0.25, -0.2) is 4.79 Å². The highest BCUT2D eigenvalue weighted by atomic mass is 19.4. The van der Waals surface area contributed by atoms with Crippen LogP contribution in [0.5, 0.6) is 0 Å². The SMILES string of the molecule is Cc1c(C(=O)N[C@H]2CCNC2)[nH]c2ccccc12.O=C(O)C(F)(F)F. The number of aliphatic carboxylic acids is 1. The number of alkyl halides is 3. The third-order valence-corrected chi connectivity index (χ3v) is 3.83. The molecule has 0 bridgehead atoms. The summed E-state index contributed by atoms with van der Waals surface area (Å²) in [5, 5.41) is 14.6. The molecule has 1 aromatic heterocycles. The van der Waals surface area contributed by atoms with Crippen LogP contribution in [0, 0.1) is 6.92 Å². The van der Waals surface area contributed by atoms with Gasteiger partial charge in [0.05, 0.1) is 0 Å². The summed E-state index contributed by atoms with van der Waals surface area (Å²) in [6.45, 7) is 3.84. The van der Waals surface area contributed by atoms with Crippen LogP contribution in [0.3, 0.4) is 0 Å². The number of H-pyrrole nitrogens is 1. The van der Waals surface area contributed by atoms with Gasteiger partial charge in [-0.1, -0.05) is 18.2 Å². The molecule has 9 heteroatoms. The number of nitrogens with one attached hydrogen (secondary N) is 3. The van der Waals surface area contributed by atoms with Gasteiger partial charge >= 0.3 is 12.1 Å². The Labute approximate surface area is 141 Å². The molecule has 4 N–H and O–H groups in total. The number of aromatic amines is 1. The van der Waals surface area contributed by atoms with E-state index in [1.54, 1.807) is 0 Å². The van der Waals surface area contributed by atoms with E-state index >= 15 is 0 Å². The molecule has 1 fully saturated rings. The number of amides is 1. The molecule has 1 atom stereocenters. The minimum absolute atomic E-state index is 0.00241. The number of para-hydroxylation sites is 1. The second-order valence-corrected chi connectivity index (χ2v) is 5.64. The number of carbonyl (C=O) groups is 2. The molecule has 0 radical (unpaired) electrons. The van der Waals surface area contributed by atoms with Gasteiger partial charge in [0.25, 0.3) is 5.91 Å². The van der Waals surface area contributed by atoms with E-state index in [0.29, 0.717) is 5.69 Å². The molecule has 2 aromatic rings. The van der Waals surface area contributed by atoms with Crippen LogP contribution in [-0.4, -0.2) is 47.3 Å². The van der Waals surface area contributed by atoms with E-state index in [1.807, 2.05) is 31.2 Å². The molecule has 1 aliphatic heterocycles. The molecule has 0 aliphatic carbocycles. The lowest BCUT2D eigenvalue weighted by Gasteiger charge is -2.10. The maximum atomic E-state index is 12.2. The number of hydrogen-bond acceptors (Lipinski definition) is 3. The quantitative estimate of drug-likeness (QED) is 0.663. The summed E-state index contributed by atoms with van der Waals surface area (Å²) in [5.41, 5.74) is 2.72. The average Bonchev–Trinajstić information content (AvgIpc) is 3.15. The van der Waals surface area contributed by atoms with Gasteiger partial charge in [0.2, 0.25) is 0 Å². The van der Waals surface area contributed by atoms with Crippen molar-refractivity contribution in [1.82, 2.24) is 15.6 Å². The van der Waals surface area contributed by atoms with Crippen LogP contribution in [0.1, 0.15) is 22.5 Å². The number of carboxylic acids is 1. The first kappa shape index (κ1) is 18.8. The van der Waals surface area contributed by atoms with Gasteiger partial charge in [0, 0.05) is 23.5 Å². The summed E-state index contributed by atoms with van der Waals surface area (Å²) in [7, 11) is 0. The molecular weight excluding hydrogens is 339 g/mol. The summed E-state index contributed by atoms with van der Waals surface area (Å²) >= 11 is 0. The lowest BCUT2D eigenvalue weighted by atomic mass is 10.1. The Morgan fingerprint density at radius 2 is 1.92 bits per heavy atom. The van der Waals surface area contributed by atoms with Crippen LogP contribution in [0.4, 0.5) is 13.2 Å². The van der Waals surface area contributed by atoms with Gasteiger partial charge in [-0.05, 0) is 31.5 Å². The maximum absolute atomic E-state index is 12.2. The van der Waals surface area contributed by atoms with E-state index in [1.165, 1.54) is 0 Å². The zero-order valence-corrected chi connectivity index (χ0v) is 13.4. The highest BCUT2D eigenvalue weighted by Crippen LogP contribution is 2.21. The van der Waals surface area contributed by atoms with E-state index in [0.717, 1.165) is 36.0 Å². The third kappa shape index (κ3) is 4.72.